The molecule has 0 aliphatic carbocycles. The summed E-state index contributed by atoms with van der Waals surface area (Å²) in [5, 5.41) is 3.97. The van der Waals surface area contributed by atoms with Gasteiger partial charge in [0.05, 0.1) is 13.7 Å². The average Bonchev–Trinajstić information content (AvgIpc) is 3.17. The summed E-state index contributed by atoms with van der Waals surface area (Å²) in [7, 11) is 3.28. The van der Waals surface area contributed by atoms with Crippen LogP contribution in [0, 0.1) is 13.8 Å². The third-order valence-corrected chi connectivity index (χ3v) is 4.52. The lowest BCUT2D eigenvalue weighted by molar-refractivity contribution is -0.132. The largest absolute Gasteiger partial charge is 0.497 e. The minimum absolute atomic E-state index is 0.0553. The Balaban J connectivity index is 1.58. The maximum Gasteiger partial charge on any atom is 0.260 e. The van der Waals surface area contributed by atoms with Crippen molar-refractivity contribution in [1.82, 2.24) is 15.0 Å². The molecular formula is C21H23N3O4. The molecule has 0 radical (unpaired) electrons. The highest BCUT2D eigenvalue weighted by molar-refractivity contribution is 5.77. The molecule has 0 bridgehead atoms. The van der Waals surface area contributed by atoms with Gasteiger partial charge >= 0.3 is 0 Å². The van der Waals surface area contributed by atoms with Gasteiger partial charge in [0.25, 0.3) is 5.91 Å². The van der Waals surface area contributed by atoms with E-state index >= 15 is 0 Å². The van der Waals surface area contributed by atoms with E-state index in [0.717, 1.165) is 22.4 Å². The van der Waals surface area contributed by atoms with Crippen LogP contribution in [0.25, 0.3) is 11.4 Å². The zero-order chi connectivity index (χ0) is 20.1. The number of aromatic nitrogens is 2. The van der Waals surface area contributed by atoms with E-state index in [0.29, 0.717) is 17.5 Å². The lowest BCUT2D eigenvalue weighted by Gasteiger charge is -2.16. The fourth-order valence-corrected chi connectivity index (χ4v) is 2.60. The number of likely N-dealkylation sites (N-methyl/N-ethyl adjacent to an activating group) is 1. The van der Waals surface area contributed by atoms with Crippen LogP contribution in [0.3, 0.4) is 0 Å². The van der Waals surface area contributed by atoms with E-state index in [1.165, 1.54) is 4.90 Å². The molecule has 0 atom stereocenters. The number of carbonyl (C=O) groups is 1. The van der Waals surface area contributed by atoms with Crippen molar-refractivity contribution >= 4 is 5.91 Å². The number of ether oxygens (including phenoxy) is 2. The molecule has 0 N–H and O–H groups in total. The molecule has 0 aliphatic heterocycles. The zero-order valence-corrected chi connectivity index (χ0v) is 16.4. The molecule has 28 heavy (non-hydrogen) atoms. The van der Waals surface area contributed by atoms with Gasteiger partial charge in [-0.25, -0.2) is 0 Å². The van der Waals surface area contributed by atoms with E-state index in [-0.39, 0.29) is 19.1 Å². The molecule has 0 saturated carbocycles. The maximum absolute atomic E-state index is 12.4. The van der Waals surface area contributed by atoms with Crippen LogP contribution >= 0.6 is 0 Å². The van der Waals surface area contributed by atoms with Gasteiger partial charge in [-0.1, -0.05) is 17.3 Å². The second-order valence-electron chi connectivity index (χ2n) is 6.48. The van der Waals surface area contributed by atoms with Crippen LogP contribution in [0.2, 0.25) is 0 Å². The van der Waals surface area contributed by atoms with Crippen molar-refractivity contribution in [3.05, 3.63) is 59.5 Å². The predicted molar refractivity (Wildman–Crippen MR) is 104 cm³/mol. The van der Waals surface area contributed by atoms with E-state index in [9.17, 15) is 4.79 Å². The molecule has 1 heterocycles. The van der Waals surface area contributed by atoms with Gasteiger partial charge < -0.3 is 18.9 Å². The van der Waals surface area contributed by atoms with Crippen molar-refractivity contribution in [2.75, 3.05) is 20.8 Å². The number of hydrogen-bond acceptors (Lipinski definition) is 6. The third-order valence-electron chi connectivity index (χ3n) is 4.52. The van der Waals surface area contributed by atoms with Crippen molar-refractivity contribution in [2.24, 2.45) is 0 Å². The first-order valence-corrected chi connectivity index (χ1v) is 8.88. The smallest absolute Gasteiger partial charge is 0.260 e. The fourth-order valence-electron chi connectivity index (χ4n) is 2.60. The first-order chi connectivity index (χ1) is 13.5. The van der Waals surface area contributed by atoms with Crippen LogP contribution < -0.4 is 9.47 Å². The SMILES string of the molecule is COc1ccc(-c2noc(CN(C)C(=O)COc3cccc(C)c3C)n2)cc1. The highest BCUT2D eigenvalue weighted by atomic mass is 16.5. The van der Waals surface area contributed by atoms with Crippen LogP contribution in [0.4, 0.5) is 0 Å². The summed E-state index contributed by atoms with van der Waals surface area (Å²) in [6.07, 6.45) is 0. The first kappa shape index (κ1) is 19.4. The van der Waals surface area contributed by atoms with E-state index in [4.69, 9.17) is 14.0 Å². The average molecular weight is 381 g/mol. The molecule has 3 aromatic rings. The van der Waals surface area contributed by atoms with Gasteiger partial charge in [-0.05, 0) is 55.3 Å². The Labute approximate surface area is 163 Å². The number of nitrogens with zero attached hydrogens (tertiary/aromatic N) is 3. The molecule has 146 valence electrons. The molecule has 0 unspecified atom stereocenters. The molecule has 1 amide bonds. The molecule has 0 aliphatic rings. The Morgan fingerprint density at radius 3 is 2.61 bits per heavy atom. The van der Waals surface area contributed by atoms with E-state index in [1.54, 1.807) is 14.2 Å². The van der Waals surface area contributed by atoms with Crippen molar-refractivity contribution < 1.29 is 18.8 Å². The molecule has 0 spiro atoms. The molecule has 0 fully saturated rings. The van der Waals surface area contributed by atoms with Gasteiger partial charge in [0, 0.05) is 12.6 Å². The number of carbonyl (C=O) groups excluding carboxylic acids is 1. The predicted octanol–water partition coefficient (Wildman–Crippen LogP) is 3.40. The Morgan fingerprint density at radius 1 is 1.14 bits per heavy atom. The summed E-state index contributed by atoms with van der Waals surface area (Å²) in [6.45, 7) is 4.13. The lowest BCUT2D eigenvalue weighted by atomic mass is 10.1. The number of amides is 1. The van der Waals surface area contributed by atoms with Gasteiger partial charge in [-0.15, -0.1) is 0 Å². The summed E-state index contributed by atoms with van der Waals surface area (Å²) in [4.78, 5) is 18.2. The molecule has 7 heteroatoms. The first-order valence-electron chi connectivity index (χ1n) is 8.88. The lowest BCUT2D eigenvalue weighted by Crippen LogP contribution is -2.31. The normalized spacial score (nSPS) is 10.6. The highest BCUT2D eigenvalue weighted by Crippen LogP contribution is 2.21. The number of benzene rings is 2. The zero-order valence-electron chi connectivity index (χ0n) is 16.4. The van der Waals surface area contributed by atoms with Gasteiger partial charge in [0.2, 0.25) is 11.7 Å². The number of methoxy groups -OCH3 is 1. The summed E-state index contributed by atoms with van der Waals surface area (Å²) in [5.74, 6) is 2.10. The summed E-state index contributed by atoms with van der Waals surface area (Å²) in [5.41, 5.74) is 2.96. The molecule has 2 aromatic carbocycles. The summed E-state index contributed by atoms with van der Waals surface area (Å²) >= 11 is 0. The number of rotatable bonds is 7. The molecule has 0 saturated heterocycles. The Kier molecular flexibility index (Phi) is 5.93. The van der Waals surface area contributed by atoms with Crippen LogP contribution in [0.1, 0.15) is 17.0 Å². The monoisotopic (exact) mass is 381 g/mol. The molecule has 1 aromatic heterocycles. The van der Waals surface area contributed by atoms with Gasteiger partial charge in [-0.2, -0.15) is 4.98 Å². The number of hydrogen-bond donors (Lipinski definition) is 0. The van der Waals surface area contributed by atoms with Crippen molar-refractivity contribution in [2.45, 2.75) is 20.4 Å². The third kappa shape index (κ3) is 4.49. The Hall–Kier alpha value is -3.35. The van der Waals surface area contributed by atoms with Crippen LogP contribution in [-0.2, 0) is 11.3 Å². The standard InChI is InChI=1S/C21H23N3O4/c1-14-6-5-7-18(15(14)2)27-13-20(25)24(3)12-19-22-21(23-28-19)16-8-10-17(26-4)11-9-16/h5-11H,12-13H2,1-4H3. The van der Waals surface area contributed by atoms with Crippen LogP contribution in [0.15, 0.2) is 47.0 Å². The van der Waals surface area contributed by atoms with E-state index < -0.39 is 0 Å². The maximum atomic E-state index is 12.4. The van der Waals surface area contributed by atoms with Gasteiger partial charge in [0.1, 0.15) is 11.5 Å². The Bertz CT molecular complexity index is 951. The second kappa shape index (κ2) is 8.56. The van der Waals surface area contributed by atoms with Crippen molar-refractivity contribution in [3.8, 4) is 22.9 Å². The summed E-state index contributed by atoms with van der Waals surface area (Å²) in [6, 6.07) is 13.1. The minimum atomic E-state index is -0.176. The van der Waals surface area contributed by atoms with Crippen LogP contribution in [-0.4, -0.2) is 41.7 Å². The number of aryl methyl sites for hydroxylation is 1. The van der Waals surface area contributed by atoms with E-state index in [1.807, 2.05) is 56.3 Å². The van der Waals surface area contributed by atoms with E-state index in [2.05, 4.69) is 10.1 Å². The van der Waals surface area contributed by atoms with Gasteiger partial charge in [-0.3, -0.25) is 4.79 Å². The molecular weight excluding hydrogens is 358 g/mol. The fraction of sp³-hybridized carbons (Fsp3) is 0.286. The minimum Gasteiger partial charge on any atom is -0.497 e. The van der Waals surface area contributed by atoms with Gasteiger partial charge in [0.15, 0.2) is 6.61 Å². The Morgan fingerprint density at radius 2 is 1.89 bits per heavy atom. The van der Waals surface area contributed by atoms with Crippen molar-refractivity contribution in [3.63, 3.8) is 0 Å². The summed E-state index contributed by atoms with van der Waals surface area (Å²) < 4.78 is 16.1. The highest BCUT2D eigenvalue weighted by Gasteiger charge is 2.16. The quantitative estimate of drug-likeness (QED) is 0.624. The van der Waals surface area contributed by atoms with Crippen molar-refractivity contribution in [1.29, 1.82) is 0 Å². The van der Waals surface area contributed by atoms with Crippen LogP contribution in [0.5, 0.6) is 11.5 Å². The molecule has 3 rings (SSSR count). The topological polar surface area (TPSA) is 77.7 Å². The molecule has 7 nitrogen and oxygen atoms in total. The second-order valence-corrected chi connectivity index (χ2v) is 6.48.